The van der Waals surface area contributed by atoms with Crippen LogP contribution in [0.4, 0.5) is 10.5 Å². The van der Waals surface area contributed by atoms with Gasteiger partial charge >= 0.3 is 11.7 Å². The highest BCUT2D eigenvalue weighted by Crippen LogP contribution is 2.34. The molecule has 3 rings (SSSR count). The number of nitrogens with one attached hydrogen (secondary N) is 2. The summed E-state index contributed by atoms with van der Waals surface area (Å²) in [6.07, 6.45) is -0.696. The van der Waals surface area contributed by atoms with E-state index in [-0.39, 0.29) is 28.7 Å². The molecule has 2 amide bonds. The van der Waals surface area contributed by atoms with Gasteiger partial charge in [0.2, 0.25) is 5.91 Å². The summed E-state index contributed by atoms with van der Waals surface area (Å²) < 4.78 is 10.5. The van der Waals surface area contributed by atoms with Crippen LogP contribution in [0.25, 0.3) is 11.0 Å². The Morgan fingerprint density at radius 1 is 1.09 bits per heavy atom. The normalized spacial score (nSPS) is 12.2. The average Bonchev–Trinajstić information content (AvgIpc) is 2.73. The van der Waals surface area contributed by atoms with Gasteiger partial charge in [-0.3, -0.25) is 4.79 Å². The number of rotatable bonds is 5. The highest BCUT2D eigenvalue weighted by molar-refractivity contribution is 6.01. The Labute approximate surface area is 190 Å². The summed E-state index contributed by atoms with van der Waals surface area (Å²) in [7, 11) is 0. The minimum atomic E-state index is -1.11. The molecule has 0 radical (unpaired) electrons. The average molecular weight is 454 g/mol. The van der Waals surface area contributed by atoms with Gasteiger partial charge in [0.1, 0.15) is 23.0 Å². The zero-order valence-corrected chi connectivity index (χ0v) is 18.8. The van der Waals surface area contributed by atoms with Gasteiger partial charge in [0.05, 0.1) is 5.39 Å². The monoisotopic (exact) mass is 454 g/mol. The number of fused-ring (bicyclic) bond motifs is 1. The molecule has 9 heteroatoms. The molecule has 0 fully saturated rings. The van der Waals surface area contributed by atoms with Crippen LogP contribution in [0, 0.1) is 6.92 Å². The summed E-state index contributed by atoms with van der Waals surface area (Å²) in [5.74, 6) is -1.36. The zero-order chi connectivity index (χ0) is 24.3. The van der Waals surface area contributed by atoms with E-state index in [1.54, 1.807) is 45.0 Å². The minimum Gasteiger partial charge on any atom is -0.508 e. The SMILES string of the molecule is Cc1c(O)ccc2c(O)c(NC(=O)C(Cc3ccccc3)NC(=O)OC(C)(C)C)c(=O)oc12. The van der Waals surface area contributed by atoms with Crippen LogP contribution in [-0.4, -0.2) is 33.9 Å². The van der Waals surface area contributed by atoms with Gasteiger partial charge in [0, 0.05) is 12.0 Å². The first-order valence-corrected chi connectivity index (χ1v) is 10.3. The second kappa shape index (κ2) is 9.23. The Morgan fingerprint density at radius 3 is 2.39 bits per heavy atom. The van der Waals surface area contributed by atoms with Crippen LogP contribution in [-0.2, 0) is 16.0 Å². The lowest BCUT2D eigenvalue weighted by Crippen LogP contribution is -2.47. The summed E-state index contributed by atoms with van der Waals surface area (Å²) in [6.45, 7) is 6.60. The Kier molecular flexibility index (Phi) is 6.62. The number of aryl methyl sites for hydroxylation is 1. The van der Waals surface area contributed by atoms with Gasteiger partial charge in [-0.2, -0.15) is 0 Å². The number of carbonyl (C=O) groups excluding carboxylic acids is 2. The van der Waals surface area contributed by atoms with Crippen LogP contribution in [0.1, 0.15) is 31.9 Å². The maximum atomic E-state index is 13.1. The van der Waals surface area contributed by atoms with E-state index in [4.69, 9.17) is 9.15 Å². The third kappa shape index (κ3) is 5.62. The highest BCUT2D eigenvalue weighted by atomic mass is 16.6. The van der Waals surface area contributed by atoms with Gasteiger partial charge in [-0.1, -0.05) is 30.3 Å². The number of alkyl carbamates (subject to hydrolysis) is 1. The predicted molar refractivity (Wildman–Crippen MR) is 122 cm³/mol. The molecule has 0 spiro atoms. The van der Waals surface area contributed by atoms with Crippen molar-refractivity contribution in [1.82, 2.24) is 5.32 Å². The number of aromatic hydroxyl groups is 2. The van der Waals surface area contributed by atoms with Crippen molar-refractivity contribution in [1.29, 1.82) is 0 Å². The highest BCUT2D eigenvalue weighted by Gasteiger charge is 2.27. The van der Waals surface area contributed by atoms with Gasteiger partial charge in [0.25, 0.3) is 0 Å². The van der Waals surface area contributed by atoms with Crippen LogP contribution in [0.5, 0.6) is 11.5 Å². The van der Waals surface area contributed by atoms with Crippen molar-refractivity contribution in [3.63, 3.8) is 0 Å². The molecule has 0 aliphatic carbocycles. The van der Waals surface area contributed by atoms with E-state index in [2.05, 4.69) is 10.6 Å². The van der Waals surface area contributed by atoms with E-state index < -0.39 is 40.7 Å². The van der Waals surface area contributed by atoms with E-state index in [0.29, 0.717) is 0 Å². The fourth-order valence-electron chi connectivity index (χ4n) is 3.20. The Balaban J connectivity index is 1.92. The van der Waals surface area contributed by atoms with Gasteiger partial charge in [-0.25, -0.2) is 9.59 Å². The standard InChI is InChI=1S/C24H26N2O7/c1-13-17(27)11-10-15-19(28)18(22(30)32-20(13)15)26-21(29)16(12-14-8-6-5-7-9-14)25-23(31)33-24(2,3)4/h5-11,16,27-28H,12H2,1-4H3,(H,25,31)(H,26,29). The molecule has 33 heavy (non-hydrogen) atoms. The lowest BCUT2D eigenvalue weighted by molar-refractivity contribution is -0.118. The summed E-state index contributed by atoms with van der Waals surface area (Å²) in [6, 6.07) is 10.6. The molecule has 3 aromatic rings. The molecule has 174 valence electrons. The van der Waals surface area contributed by atoms with Crippen LogP contribution in [0.3, 0.4) is 0 Å². The van der Waals surface area contributed by atoms with Gasteiger partial charge in [-0.05, 0) is 45.4 Å². The fraction of sp³-hybridized carbons (Fsp3) is 0.292. The maximum absolute atomic E-state index is 13.1. The molecule has 2 aromatic carbocycles. The van der Waals surface area contributed by atoms with E-state index in [1.807, 2.05) is 6.07 Å². The van der Waals surface area contributed by atoms with Crippen molar-refractivity contribution in [3.05, 3.63) is 64.0 Å². The zero-order valence-electron chi connectivity index (χ0n) is 18.8. The first-order chi connectivity index (χ1) is 15.5. The number of amides is 2. The van der Waals surface area contributed by atoms with E-state index in [9.17, 15) is 24.6 Å². The van der Waals surface area contributed by atoms with Crippen molar-refractivity contribution in [3.8, 4) is 11.5 Å². The summed E-state index contributed by atoms with van der Waals surface area (Å²) in [5, 5.41) is 25.5. The van der Waals surface area contributed by atoms with Crippen LogP contribution < -0.4 is 16.3 Å². The van der Waals surface area contributed by atoms with Crippen molar-refractivity contribution in [2.45, 2.75) is 45.8 Å². The minimum absolute atomic E-state index is 0.00298. The molecular formula is C24H26N2O7. The van der Waals surface area contributed by atoms with Gasteiger partial charge < -0.3 is 30.0 Å². The Bertz CT molecular complexity index is 1240. The largest absolute Gasteiger partial charge is 0.508 e. The molecule has 9 nitrogen and oxygen atoms in total. The summed E-state index contributed by atoms with van der Waals surface area (Å²) in [4.78, 5) is 37.9. The lowest BCUT2D eigenvalue weighted by atomic mass is 10.1. The van der Waals surface area contributed by atoms with Crippen molar-refractivity contribution in [2.75, 3.05) is 5.32 Å². The van der Waals surface area contributed by atoms with Gasteiger partial charge in [0.15, 0.2) is 11.4 Å². The number of phenols is 1. The fourth-order valence-corrected chi connectivity index (χ4v) is 3.20. The number of ether oxygens (including phenoxy) is 1. The smallest absolute Gasteiger partial charge is 0.408 e. The lowest BCUT2D eigenvalue weighted by Gasteiger charge is -2.23. The van der Waals surface area contributed by atoms with Crippen molar-refractivity contribution in [2.24, 2.45) is 0 Å². The van der Waals surface area contributed by atoms with Crippen molar-refractivity contribution >= 4 is 28.7 Å². The summed E-state index contributed by atoms with van der Waals surface area (Å²) in [5.41, 5.74) is -1.22. The Morgan fingerprint density at radius 2 is 1.76 bits per heavy atom. The molecule has 0 aliphatic heterocycles. The first-order valence-electron chi connectivity index (χ1n) is 10.3. The third-order valence-electron chi connectivity index (χ3n) is 4.81. The number of phenolic OH excluding ortho intramolecular Hbond substituents is 1. The molecule has 1 heterocycles. The van der Waals surface area contributed by atoms with Crippen LogP contribution in [0.2, 0.25) is 0 Å². The molecule has 0 saturated carbocycles. The molecule has 4 N–H and O–H groups in total. The molecule has 1 aromatic heterocycles. The maximum Gasteiger partial charge on any atom is 0.408 e. The molecule has 1 atom stereocenters. The van der Waals surface area contributed by atoms with E-state index >= 15 is 0 Å². The molecule has 1 unspecified atom stereocenters. The van der Waals surface area contributed by atoms with Gasteiger partial charge in [-0.15, -0.1) is 0 Å². The molecule has 0 saturated heterocycles. The quantitative estimate of drug-likeness (QED) is 0.432. The predicted octanol–water partition coefficient (Wildman–Crippen LogP) is 3.59. The number of carbonyl (C=O) groups is 2. The van der Waals surface area contributed by atoms with Crippen LogP contribution >= 0.6 is 0 Å². The van der Waals surface area contributed by atoms with E-state index in [0.717, 1.165) is 5.56 Å². The topological polar surface area (TPSA) is 138 Å². The van der Waals surface area contributed by atoms with E-state index in [1.165, 1.54) is 19.1 Å². The second-order valence-corrected chi connectivity index (χ2v) is 8.58. The number of hydrogen-bond donors (Lipinski definition) is 4. The van der Waals surface area contributed by atoms with Crippen molar-refractivity contribution < 1.29 is 29.0 Å². The third-order valence-corrected chi connectivity index (χ3v) is 4.81. The molecule has 0 bridgehead atoms. The first kappa shape index (κ1) is 23.6. The summed E-state index contributed by atoms with van der Waals surface area (Å²) >= 11 is 0. The Hall–Kier alpha value is -4.01. The molecular weight excluding hydrogens is 428 g/mol. The van der Waals surface area contributed by atoms with Crippen LogP contribution in [0.15, 0.2) is 51.7 Å². The number of hydrogen-bond acceptors (Lipinski definition) is 7. The number of anilines is 1. The number of benzene rings is 2. The second-order valence-electron chi connectivity index (χ2n) is 8.58. The molecule has 0 aliphatic rings.